The van der Waals surface area contributed by atoms with E-state index in [4.69, 9.17) is 56.9 Å². The summed E-state index contributed by atoms with van der Waals surface area (Å²) in [5, 5.41) is 54.6. The zero-order valence-electron chi connectivity index (χ0n) is 18.2. The van der Waals surface area contributed by atoms with Gasteiger partial charge in [-0.25, -0.2) is 10.4 Å². The largest absolute Gasteiger partial charge is 0.595 e. The van der Waals surface area contributed by atoms with Crippen LogP contribution in [0, 0.1) is 33.1 Å². The van der Waals surface area contributed by atoms with Gasteiger partial charge in [0.2, 0.25) is 0 Å². The Morgan fingerprint density at radius 3 is 1.36 bits per heavy atom. The number of nitriles is 2. The van der Waals surface area contributed by atoms with Crippen molar-refractivity contribution in [3.8, 4) is 12.1 Å². The van der Waals surface area contributed by atoms with E-state index in [0.29, 0.717) is 11.1 Å². The van der Waals surface area contributed by atoms with Crippen molar-refractivity contribution in [3.63, 3.8) is 0 Å². The zero-order chi connectivity index (χ0) is 26.6. The normalized spacial score (nSPS) is 16.2. The molecule has 0 bridgehead atoms. The van der Waals surface area contributed by atoms with Gasteiger partial charge in [0, 0.05) is 23.3 Å². The number of nitrogens with zero attached hydrogens (tertiary/aromatic N) is 2. The second-order valence-corrected chi connectivity index (χ2v) is 9.60. The summed E-state index contributed by atoms with van der Waals surface area (Å²) in [6.45, 7) is 0. The first-order valence-electron chi connectivity index (χ1n) is 10.3. The summed E-state index contributed by atoms with van der Waals surface area (Å²) < 4.78 is 0. The Bertz CT molecular complexity index is 1230. The summed E-state index contributed by atoms with van der Waals surface area (Å²) in [4.78, 5) is 0. The number of alkyl halides is 4. The minimum Gasteiger partial charge on any atom is -0.595 e. The van der Waals surface area contributed by atoms with Gasteiger partial charge >= 0.3 is 0 Å². The highest BCUT2D eigenvalue weighted by Crippen LogP contribution is 2.45. The smallest absolute Gasteiger partial charge is 0.169 e. The van der Waals surface area contributed by atoms with E-state index < -0.39 is 32.0 Å². The maximum Gasteiger partial charge on any atom is 0.169 e. The second kappa shape index (κ2) is 12.2. The first-order chi connectivity index (χ1) is 17.1. The number of halogens is 4. The number of nitrogens with one attached hydrogen (secondary N) is 2. The van der Waals surface area contributed by atoms with Crippen LogP contribution in [0.2, 0.25) is 0 Å². The summed E-state index contributed by atoms with van der Waals surface area (Å²) in [5.41, 5.74) is 1.64. The van der Waals surface area contributed by atoms with E-state index >= 15 is 0 Å². The van der Waals surface area contributed by atoms with E-state index in [0.717, 1.165) is 0 Å². The highest BCUT2D eigenvalue weighted by atomic mass is 35.5. The Kier molecular flexibility index (Phi) is 9.53. The van der Waals surface area contributed by atoms with Crippen LogP contribution >= 0.6 is 46.4 Å². The first kappa shape index (κ1) is 28.1. The minimum atomic E-state index is -1.24. The molecule has 6 atom stereocenters. The molecule has 0 spiro atoms. The van der Waals surface area contributed by atoms with Gasteiger partial charge in [0.15, 0.2) is 11.4 Å². The number of hydrogen-bond acceptors (Lipinski definition) is 6. The Morgan fingerprint density at radius 2 is 1.03 bits per heavy atom. The van der Waals surface area contributed by atoms with Gasteiger partial charge in [0.05, 0.1) is 44.8 Å². The quantitative estimate of drug-likeness (QED) is 0.228. The highest BCUT2D eigenvalue weighted by Gasteiger charge is 2.29. The topological polar surface area (TPSA) is 143 Å². The van der Waals surface area contributed by atoms with Gasteiger partial charge < -0.3 is 10.4 Å². The van der Waals surface area contributed by atoms with Crippen molar-refractivity contribution >= 4 is 57.8 Å². The predicted octanol–water partition coefficient (Wildman–Crippen LogP) is 4.76. The predicted molar refractivity (Wildman–Crippen MR) is 135 cm³/mol. The molecule has 0 heterocycles. The summed E-state index contributed by atoms with van der Waals surface area (Å²) in [5.74, 6) is 0. The van der Waals surface area contributed by atoms with Gasteiger partial charge in [-0.05, 0) is 23.3 Å². The molecule has 0 aromatic heterocycles. The van der Waals surface area contributed by atoms with Crippen LogP contribution in [-0.2, 0) is 0 Å². The lowest BCUT2D eigenvalue weighted by Gasteiger charge is -2.24. The summed E-state index contributed by atoms with van der Waals surface area (Å²) in [7, 11) is 0. The van der Waals surface area contributed by atoms with Crippen LogP contribution in [-0.4, -0.2) is 10.4 Å². The summed E-state index contributed by atoms with van der Waals surface area (Å²) in [6.07, 6.45) is 0. The Morgan fingerprint density at radius 1 is 0.639 bits per heavy atom. The molecule has 0 aliphatic heterocycles. The third-order valence-electron chi connectivity index (χ3n) is 5.48. The molecule has 0 aliphatic carbocycles. The van der Waals surface area contributed by atoms with E-state index in [-0.39, 0.29) is 33.6 Å². The fraction of sp³-hybridized carbons (Fsp3) is 0.167. The van der Waals surface area contributed by atoms with Crippen LogP contribution < -0.4 is 10.5 Å². The van der Waals surface area contributed by atoms with Crippen LogP contribution in [0.1, 0.15) is 54.9 Å². The van der Waals surface area contributed by atoms with Gasteiger partial charge in [-0.15, -0.1) is 46.4 Å². The number of hydrogen-bond donors (Lipinski definition) is 4. The van der Waals surface area contributed by atoms with Crippen molar-refractivity contribution < 1.29 is 20.9 Å². The second-order valence-electron chi connectivity index (χ2n) is 7.72. The lowest BCUT2D eigenvalue weighted by molar-refractivity contribution is -0.991. The Hall–Kier alpha value is -2.44. The third kappa shape index (κ3) is 6.09. The molecule has 0 amide bonds. The molecule has 12 heteroatoms. The zero-order valence-corrected chi connectivity index (χ0v) is 21.2. The van der Waals surface area contributed by atoms with Crippen LogP contribution in [0.3, 0.4) is 0 Å². The molecule has 2 unspecified atom stereocenters. The molecule has 3 aromatic rings. The lowest BCUT2D eigenvalue weighted by atomic mass is 9.96. The standard InChI is InChI=1S/C24H18Cl4N4O4/c25-21(23(27)17-6-4-13(11-29)8-19(17)31(33)34)15-2-1-3-16(10-15)22(26)24(28)18-7-5-14(12-30)9-20(18)32(35)36/h1-10,21-24,31-33,35H/t21-,22-,23+,24+/m0/s1. The average Bonchev–Trinajstić information content (AvgIpc) is 2.90. The van der Waals surface area contributed by atoms with Gasteiger partial charge in [-0.1, -0.05) is 36.4 Å². The summed E-state index contributed by atoms with van der Waals surface area (Å²) in [6, 6.07) is 18.8. The van der Waals surface area contributed by atoms with Crippen LogP contribution in [0.25, 0.3) is 0 Å². The Balaban J connectivity index is 1.92. The van der Waals surface area contributed by atoms with Gasteiger partial charge in [0.25, 0.3) is 0 Å². The Labute approximate surface area is 226 Å². The molecule has 0 saturated heterocycles. The number of benzene rings is 3. The molecule has 3 aromatic carbocycles. The fourth-order valence-corrected chi connectivity index (χ4v) is 4.87. The molecular weight excluding hydrogens is 550 g/mol. The van der Waals surface area contributed by atoms with Gasteiger partial charge in [0.1, 0.15) is 0 Å². The van der Waals surface area contributed by atoms with E-state index in [2.05, 4.69) is 0 Å². The number of rotatable bonds is 8. The highest BCUT2D eigenvalue weighted by molar-refractivity contribution is 6.31. The van der Waals surface area contributed by atoms with E-state index in [1.807, 2.05) is 12.1 Å². The minimum absolute atomic E-state index is 0.131. The molecule has 0 saturated carbocycles. The average molecular weight is 568 g/mol. The first-order valence-corrected chi connectivity index (χ1v) is 12.0. The van der Waals surface area contributed by atoms with Crippen molar-refractivity contribution in [2.24, 2.45) is 0 Å². The van der Waals surface area contributed by atoms with E-state index in [9.17, 15) is 20.8 Å². The monoisotopic (exact) mass is 566 g/mol. The molecule has 0 aliphatic rings. The van der Waals surface area contributed by atoms with E-state index in [1.165, 1.54) is 36.4 Å². The maximum atomic E-state index is 11.7. The molecule has 0 radical (unpaired) electrons. The van der Waals surface area contributed by atoms with Crippen LogP contribution in [0.5, 0.6) is 0 Å². The number of quaternary nitrogens is 2. The molecular formula is C24H18Cl4N4O4. The van der Waals surface area contributed by atoms with Crippen molar-refractivity contribution in [3.05, 3.63) is 104 Å². The third-order valence-corrected chi connectivity index (χ3v) is 7.72. The van der Waals surface area contributed by atoms with Gasteiger partial charge in [-0.3, -0.25) is 0 Å². The van der Waals surface area contributed by atoms with Crippen LogP contribution in [0.15, 0.2) is 60.7 Å². The molecule has 186 valence electrons. The van der Waals surface area contributed by atoms with E-state index in [1.54, 1.807) is 24.3 Å². The lowest BCUT2D eigenvalue weighted by Crippen LogP contribution is -2.99. The molecule has 3 rings (SSSR count). The van der Waals surface area contributed by atoms with Crippen molar-refractivity contribution in [1.82, 2.24) is 0 Å². The SMILES string of the molecule is N#Cc1ccc([C@@H](Cl)[C@@H](Cl)c2cccc([C@H](Cl)[C@H](Cl)c3ccc(C#N)cc3[NH+]([O-])O)c2)c([NH+]([O-])O)c1. The molecule has 36 heavy (non-hydrogen) atoms. The molecule has 8 nitrogen and oxygen atoms in total. The van der Waals surface area contributed by atoms with Crippen LogP contribution in [0.4, 0.5) is 11.4 Å². The molecule has 0 fully saturated rings. The summed E-state index contributed by atoms with van der Waals surface area (Å²) >= 11 is 26.4. The van der Waals surface area contributed by atoms with Gasteiger partial charge in [-0.2, -0.15) is 21.0 Å². The molecule has 4 N–H and O–H groups in total. The van der Waals surface area contributed by atoms with Crippen molar-refractivity contribution in [2.75, 3.05) is 0 Å². The maximum absolute atomic E-state index is 11.7. The fourth-order valence-electron chi connectivity index (χ4n) is 3.66. The van der Waals surface area contributed by atoms with Crippen molar-refractivity contribution in [2.45, 2.75) is 21.5 Å². The van der Waals surface area contributed by atoms with Crippen molar-refractivity contribution in [1.29, 1.82) is 10.5 Å².